The van der Waals surface area contributed by atoms with Crippen LogP contribution in [0.5, 0.6) is 0 Å². The summed E-state index contributed by atoms with van der Waals surface area (Å²) in [6.45, 7) is 9.58. The molecule has 1 fully saturated rings. The Balaban J connectivity index is 1.90. The van der Waals surface area contributed by atoms with Crippen molar-refractivity contribution in [2.45, 2.75) is 69.4 Å². The van der Waals surface area contributed by atoms with E-state index < -0.39 is 0 Å². The molecule has 0 atom stereocenters. The van der Waals surface area contributed by atoms with E-state index in [0.717, 1.165) is 40.8 Å². The second-order valence-corrected chi connectivity index (χ2v) is 11.2. The number of imidazole rings is 1. The van der Waals surface area contributed by atoms with Crippen molar-refractivity contribution in [1.82, 2.24) is 14.5 Å². The number of hydrogen-bond acceptors (Lipinski definition) is 5. The molecule has 176 valence electrons. The van der Waals surface area contributed by atoms with E-state index in [1.165, 1.54) is 40.0 Å². The molecule has 4 nitrogen and oxygen atoms in total. The maximum atomic E-state index is 5.32. The molecular formula is C27H35N3OS2. The molecule has 3 aromatic heterocycles. The molecule has 0 spiro atoms. The molecule has 0 aliphatic heterocycles. The zero-order valence-corrected chi connectivity index (χ0v) is 22.1. The summed E-state index contributed by atoms with van der Waals surface area (Å²) in [6.07, 6.45) is 15.2. The van der Waals surface area contributed by atoms with Gasteiger partial charge < -0.3 is 4.74 Å². The minimum absolute atomic E-state index is 0.467. The summed E-state index contributed by atoms with van der Waals surface area (Å²) in [6, 6.07) is 2.36. The van der Waals surface area contributed by atoms with E-state index in [0.29, 0.717) is 11.8 Å². The Morgan fingerprint density at radius 3 is 2.79 bits per heavy atom. The van der Waals surface area contributed by atoms with E-state index in [2.05, 4.69) is 55.8 Å². The summed E-state index contributed by atoms with van der Waals surface area (Å²) in [4.78, 5) is 11.1. The standard InChI is InChI=1S/C27H35N3OS2/c1-6-8-12-23-28-17-22(30(23)13-7-2)21-16-20(19-10-9-11-19)25-24(18(3)4)27(32-15-14-31-5)33-26(25)29-21/h7-8,12-13,16-19H,6,9-11,14-15H2,1-5H3/b12-8+,13-7-. The number of pyridine rings is 1. The van der Waals surface area contributed by atoms with E-state index in [1.807, 2.05) is 36.2 Å². The maximum absolute atomic E-state index is 5.32. The number of thioether (sulfide) groups is 1. The zero-order chi connectivity index (χ0) is 23.4. The van der Waals surface area contributed by atoms with Crippen LogP contribution in [0.1, 0.15) is 82.2 Å². The maximum Gasteiger partial charge on any atom is 0.136 e. The van der Waals surface area contributed by atoms with Crippen molar-refractivity contribution in [2.75, 3.05) is 19.5 Å². The lowest BCUT2D eigenvalue weighted by molar-refractivity contribution is 0.218. The zero-order valence-electron chi connectivity index (χ0n) is 20.4. The number of hydrogen-bond donors (Lipinski definition) is 0. The topological polar surface area (TPSA) is 39.9 Å². The first-order valence-corrected chi connectivity index (χ1v) is 13.8. The van der Waals surface area contributed by atoms with Crippen molar-refractivity contribution in [1.29, 1.82) is 0 Å². The van der Waals surface area contributed by atoms with Gasteiger partial charge >= 0.3 is 0 Å². The predicted molar refractivity (Wildman–Crippen MR) is 144 cm³/mol. The summed E-state index contributed by atoms with van der Waals surface area (Å²) < 4.78 is 8.88. The average Bonchev–Trinajstić information content (AvgIpc) is 3.32. The van der Waals surface area contributed by atoms with Gasteiger partial charge in [0.15, 0.2) is 0 Å². The highest BCUT2D eigenvalue weighted by Crippen LogP contribution is 2.48. The highest BCUT2D eigenvalue weighted by atomic mass is 32.2. The quantitative estimate of drug-likeness (QED) is 0.216. The van der Waals surface area contributed by atoms with Crippen LogP contribution in [0.25, 0.3) is 33.9 Å². The van der Waals surface area contributed by atoms with Gasteiger partial charge in [-0.2, -0.15) is 0 Å². The molecule has 0 radical (unpaired) electrons. The first-order chi connectivity index (χ1) is 16.1. The van der Waals surface area contributed by atoms with Gasteiger partial charge in [0, 0.05) is 24.4 Å². The van der Waals surface area contributed by atoms with Crippen molar-refractivity contribution < 1.29 is 4.74 Å². The third kappa shape index (κ3) is 4.98. The molecule has 6 heteroatoms. The Kier molecular flexibility index (Phi) is 8.10. The Labute approximate surface area is 206 Å². The number of fused-ring (bicyclic) bond motifs is 1. The van der Waals surface area contributed by atoms with Gasteiger partial charge in [-0.25, -0.2) is 9.97 Å². The molecule has 1 aliphatic rings. The Hall–Kier alpha value is -1.89. The van der Waals surface area contributed by atoms with Crippen LogP contribution in [-0.4, -0.2) is 34.0 Å². The van der Waals surface area contributed by atoms with Gasteiger partial charge in [-0.3, -0.25) is 4.57 Å². The second-order valence-electron chi connectivity index (χ2n) is 8.87. The third-order valence-corrected chi connectivity index (χ3v) is 8.58. The minimum atomic E-state index is 0.467. The molecule has 3 aromatic rings. The third-order valence-electron chi connectivity index (χ3n) is 6.23. The molecule has 0 aromatic carbocycles. The highest BCUT2D eigenvalue weighted by molar-refractivity contribution is 8.01. The molecule has 33 heavy (non-hydrogen) atoms. The van der Waals surface area contributed by atoms with E-state index >= 15 is 0 Å². The lowest BCUT2D eigenvalue weighted by Crippen LogP contribution is -2.10. The Bertz CT molecular complexity index is 1150. The van der Waals surface area contributed by atoms with Gasteiger partial charge in [0.25, 0.3) is 0 Å². The van der Waals surface area contributed by atoms with Gasteiger partial charge in [-0.1, -0.05) is 39.3 Å². The summed E-state index contributed by atoms with van der Waals surface area (Å²) in [5, 5.41) is 1.41. The molecular weight excluding hydrogens is 446 g/mol. The smallest absolute Gasteiger partial charge is 0.136 e. The normalized spacial score (nSPS) is 15.0. The van der Waals surface area contributed by atoms with E-state index in [1.54, 1.807) is 7.11 Å². The molecule has 0 unspecified atom stereocenters. The number of aromatic nitrogens is 3. The van der Waals surface area contributed by atoms with Crippen LogP contribution in [-0.2, 0) is 4.74 Å². The largest absolute Gasteiger partial charge is 0.384 e. The van der Waals surface area contributed by atoms with Crippen molar-refractivity contribution >= 4 is 45.6 Å². The van der Waals surface area contributed by atoms with Crippen LogP contribution in [0.3, 0.4) is 0 Å². The molecule has 0 N–H and O–H groups in total. The van der Waals surface area contributed by atoms with Crippen LogP contribution < -0.4 is 0 Å². The van der Waals surface area contributed by atoms with Crippen molar-refractivity contribution in [3.63, 3.8) is 0 Å². The van der Waals surface area contributed by atoms with Crippen LogP contribution >= 0.6 is 23.1 Å². The molecule has 1 aliphatic carbocycles. The van der Waals surface area contributed by atoms with Gasteiger partial charge in [0.05, 0.1) is 28.4 Å². The highest BCUT2D eigenvalue weighted by Gasteiger charge is 2.28. The van der Waals surface area contributed by atoms with Crippen LogP contribution in [0.2, 0.25) is 0 Å². The number of nitrogens with zero attached hydrogens (tertiary/aromatic N) is 3. The summed E-state index contributed by atoms with van der Waals surface area (Å²) >= 11 is 3.77. The minimum Gasteiger partial charge on any atom is -0.384 e. The number of rotatable bonds is 10. The number of ether oxygens (including phenoxy) is 1. The van der Waals surface area contributed by atoms with Gasteiger partial charge in [0.2, 0.25) is 0 Å². The van der Waals surface area contributed by atoms with Crippen LogP contribution in [0, 0.1) is 0 Å². The fourth-order valence-electron chi connectivity index (χ4n) is 4.37. The fourth-order valence-corrected chi connectivity index (χ4v) is 7.12. The van der Waals surface area contributed by atoms with Gasteiger partial charge in [-0.15, -0.1) is 23.1 Å². The number of methoxy groups -OCH3 is 1. The number of allylic oxidation sites excluding steroid dienone is 2. The fraction of sp³-hybridized carbons (Fsp3) is 0.481. The molecule has 4 rings (SSSR count). The van der Waals surface area contributed by atoms with Crippen molar-refractivity contribution in [3.05, 3.63) is 41.4 Å². The Morgan fingerprint density at radius 2 is 2.15 bits per heavy atom. The first-order valence-electron chi connectivity index (χ1n) is 12.0. The van der Waals surface area contributed by atoms with E-state index in [-0.39, 0.29) is 0 Å². The molecule has 1 saturated carbocycles. The van der Waals surface area contributed by atoms with Gasteiger partial charge in [0.1, 0.15) is 10.7 Å². The summed E-state index contributed by atoms with van der Waals surface area (Å²) in [5.41, 5.74) is 5.04. The first kappa shape index (κ1) is 24.2. The average molecular weight is 482 g/mol. The molecule has 0 amide bonds. The monoisotopic (exact) mass is 481 g/mol. The molecule has 0 saturated heterocycles. The summed E-state index contributed by atoms with van der Waals surface area (Å²) in [5.74, 6) is 3.02. The predicted octanol–water partition coefficient (Wildman–Crippen LogP) is 8.20. The Morgan fingerprint density at radius 1 is 1.33 bits per heavy atom. The summed E-state index contributed by atoms with van der Waals surface area (Å²) in [7, 11) is 1.77. The lowest BCUT2D eigenvalue weighted by Gasteiger charge is -2.27. The molecule has 3 heterocycles. The van der Waals surface area contributed by atoms with E-state index in [4.69, 9.17) is 14.7 Å². The number of thiophene rings is 1. The SMILES string of the molecule is C/C=C\n1c(-c2cc(C3CCC3)c3c(C(C)C)c(SCCOC)sc3n2)cnc1/C=C/CC. The molecule has 0 bridgehead atoms. The second kappa shape index (κ2) is 11.0. The van der Waals surface area contributed by atoms with Crippen molar-refractivity contribution in [3.8, 4) is 11.4 Å². The van der Waals surface area contributed by atoms with Crippen LogP contribution in [0.4, 0.5) is 0 Å². The van der Waals surface area contributed by atoms with Gasteiger partial charge in [-0.05, 0) is 61.3 Å². The van der Waals surface area contributed by atoms with E-state index in [9.17, 15) is 0 Å². The lowest BCUT2D eigenvalue weighted by atomic mass is 9.78. The van der Waals surface area contributed by atoms with Crippen LogP contribution in [0.15, 0.2) is 28.6 Å². The van der Waals surface area contributed by atoms with Crippen molar-refractivity contribution in [2.24, 2.45) is 0 Å².